The van der Waals surface area contributed by atoms with Gasteiger partial charge in [-0.1, -0.05) is 23.7 Å². The zero-order valence-corrected chi connectivity index (χ0v) is 12.4. The first-order valence-electron chi connectivity index (χ1n) is 6.62. The molecule has 3 rings (SSSR count). The van der Waals surface area contributed by atoms with Crippen molar-refractivity contribution in [1.29, 1.82) is 0 Å². The summed E-state index contributed by atoms with van der Waals surface area (Å²) in [5.74, 6) is -0.838. The van der Waals surface area contributed by atoms with Gasteiger partial charge in [0.2, 0.25) is 0 Å². The number of aliphatic carboxylic acids is 1. The van der Waals surface area contributed by atoms with Crippen LogP contribution in [0.2, 0.25) is 5.02 Å². The Morgan fingerprint density at radius 3 is 2.77 bits per heavy atom. The van der Waals surface area contributed by atoms with Crippen molar-refractivity contribution in [2.75, 3.05) is 6.61 Å². The third kappa shape index (κ3) is 2.57. The van der Waals surface area contributed by atoms with Crippen LogP contribution in [-0.4, -0.2) is 17.7 Å². The van der Waals surface area contributed by atoms with Gasteiger partial charge in [0.15, 0.2) is 0 Å². The molecule has 3 nitrogen and oxygen atoms in total. The Bertz CT molecular complexity index is 812. The van der Waals surface area contributed by atoms with Gasteiger partial charge in [-0.15, -0.1) is 0 Å². The maximum atomic E-state index is 13.8. The topological polar surface area (TPSA) is 46.5 Å². The molecule has 0 amide bonds. The van der Waals surface area contributed by atoms with Crippen LogP contribution in [0.25, 0.3) is 17.2 Å². The Balaban J connectivity index is 2.18. The molecule has 0 aromatic heterocycles. The fourth-order valence-corrected chi connectivity index (χ4v) is 2.59. The van der Waals surface area contributed by atoms with E-state index < -0.39 is 5.97 Å². The van der Waals surface area contributed by atoms with Crippen LogP contribution in [0.5, 0.6) is 5.75 Å². The van der Waals surface area contributed by atoms with Crippen LogP contribution >= 0.6 is 11.6 Å². The summed E-state index contributed by atoms with van der Waals surface area (Å²) in [7, 11) is 0. The lowest BCUT2D eigenvalue weighted by Crippen LogP contribution is -2.14. The number of halogens is 2. The van der Waals surface area contributed by atoms with E-state index >= 15 is 0 Å². The van der Waals surface area contributed by atoms with E-state index in [0.29, 0.717) is 33.0 Å². The summed E-state index contributed by atoms with van der Waals surface area (Å²) >= 11 is 6.10. The first-order chi connectivity index (χ1) is 10.5. The van der Waals surface area contributed by atoms with E-state index in [0.717, 1.165) is 0 Å². The molecule has 0 atom stereocenters. The van der Waals surface area contributed by atoms with Crippen LogP contribution in [0, 0.1) is 12.7 Å². The molecule has 2 aromatic carbocycles. The molecule has 0 aliphatic carbocycles. The molecule has 0 spiro atoms. The Morgan fingerprint density at radius 1 is 1.32 bits per heavy atom. The van der Waals surface area contributed by atoms with Crippen molar-refractivity contribution in [1.82, 2.24) is 0 Å². The molecular formula is C17H12ClFO3. The van der Waals surface area contributed by atoms with E-state index in [-0.39, 0.29) is 18.0 Å². The number of carboxylic acids is 1. The van der Waals surface area contributed by atoms with Crippen LogP contribution < -0.4 is 4.74 Å². The van der Waals surface area contributed by atoms with Crippen molar-refractivity contribution in [3.8, 4) is 16.9 Å². The van der Waals surface area contributed by atoms with Crippen molar-refractivity contribution >= 4 is 23.6 Å². The highest BCUT2D eigenvalue weighted by Crippen LogP contribution is 2.39. The Kier molecular flexibility index (Phi) is 3.62. The van der Waals surface area contributed by atoms with Gasteiger partial charge in [0.05, 0.1) is 5.57 Å². The van der Waals surface area contributed by atoms with Crippen molar-refractivity contribution in [3.05, 3.63) is 57.9 Å². The summed E-state index contributed by atoms with van der Waals surface area (Å²) in [6.45, 7) is 1.65. The summed E-state index contributed by atoms with van der Waals surface area (Å²) in [6.07, 6.45) is 1.53. The summed E-state index contributed by atoms with van der Waals surface area (Å²) in [4.78, 5) is 11.1. The molecule has 5 heteroatoms. The number of carboxylic acid groups (broad SMARTS) is 1. The second-order valence-corrected chi connectivity index (χ2v) is 5.54. The number of carbonyl (C=O) groups is 1. The largest absolute Gasteiger partial charge is 0.487 e. The molecule has 0 bridgehead atoms. The zero-order valence-electron chi connectivity index (χ0n) is 11.7. The van der Waals surface area contributed by atoms with Crippen molar-refractivity contribution in [2.24, 2.45) is 0 Å². The van der Waals surface area contributed by atoms with E-state index in [2.05, 4.69) is 0 Å². The summed E-state index contributed by atoms with van der Waals surface area (Å²) in [5, 5.41) is 9.49. The zero-order chi connectivity index (χ0) is 15.9. The molecule has 0 radical (unpaired) electrons. The quantitative estimate of drug-likeness (QED) is 0.897. The van der Waals surface area contributed by atoms with Crippen LogP contribution in [-0.2, 0) is 4.79 Å². The van der Waals surface area contributed by atoms with Gasteiger partial charge in [-0.3, -0.25) is 0 Å². The Hall–Kier alpha value is -2.33. The van der Waals surface area contributed by atoms with E-state index in [1.165, 1.54) is 12.1 Å². The minimum atomic E-state index is -1.03. The summed E-state index contributed by atoms with van der Waals surface area (Å²) in [6, 6.07) is 8.20. The molecule has 2 aromatic rings. The van der Waals surface area contributed by atoms with Gasteiger partial charge >= 0.3 is 5.97 Å². The molecule has 0 unspecified atom stereocenters. The van der Waals surface area contributed by atoms with Gasteiger partial charge in [-0.05, 0) is 42.3 Å². The Morgan fingerprint density at radius 2 is 2.09 bits per heavy atom. The second kappa shape index (κ2) is 5.46. The highest BCUT2D eigenvalue weighted by molar-refractivity contribution is 6.31. The first-order valence-corrected chi connectivity index (χ1v) is 7.00. The molecule has 1 aliphatic heterocycles. The van der Waals surface area contributed by atoms with Gasteiger partial charge in [0.25, 0.3) is 0 Å². The average Bonchev–Trinajstić information content (AvgIpc) is 2.48. The van der Waals surface area contributed by atoms with Gasteiger partial charge < -0.3 is 9.84 Å². The molecule has 1 aliphatic rings. The molecule has 112 valence electrons. The Labute approximate surface area is 131 Å². The molecule has 1 heterocycles. The second-order valence-electron chi connectivity index (χ2n) is 5.10. The predicted octanol–water partition coefficient (Wildman–Crippen LogP) is 4.31. The summed E-state index contributed by atoms with van der Waals surface area (Å²) in [5.41, 5.74) is 2.55. The number of rotatable bonds is 2. The fraction of sp³-hybridized carbons (Fsp3) is 0.118. The highest BCUT2D eigenvalue weighted by Gasteiger charge is 2.21. The van der Waals surface area contributed by atoms with Gasteiger partial charge in [0.1, 0.15) is 18.2 Å². The van der Waals surface area contributed by atoms with E-state index in [9.17, 15) is 9.18 Å². The monoisotopic (exact) mass is 318 g/mol. The van der Waals surface area contributed by atoms with Crippen molar-refractivity contribution in [2.45, 2.75) is 6.92 Å². The number of hydrogen-bond donors (Lipinski definition) is 1. The van der Waals surface area contributed by atoms with E-state index in [1.807, 2.05) is 0 Å². The first kappa shape index (κ1) is 14.6. The molecule has 1 N–H and O–H groups in total. The maximum Gasteiger partial charge on any atom is 0.335 e. The molecular weight excluding hydrogens is 307 g/mol. The van der Waals surface area contributed by atoms with E-state index in [4.69, 9.17) is 21.4 Å². The highest BCUT2D eigenvalue weighted by atomic mass is 35.5. The molecule has 0 fully saturated rings. The van der Waals surface area contributed by atoms with Crippen LogP contribution in [0.1, 0.15) is 11.1 Å². The van der Waals surface area contributed by atoms with Crippen molar-refractivity contribution in [3.63, 3.8) is 0 Å². The van der Waals surface area contributed by atoms with Crippen molar-refractivity contribution < 1.29 is 19.0 Å². The maximum absolute atomic E-state index is 13.8. The standard InChI is InChI=1S/C17H12ClFO3/c1-9-2-3-10(6-15(9)19)14-7-13(18)5-11-4-12(17(20)21)8-22-16(11)14/h2-7H,8H2,1H3,(H,20,21). The fourth-order valence-electron chi connectivity index (χ4n) is 2.36. The number of benzene rings is 2. The van der Waals surface area contributed by atoms with Crippen LogP contribution in [0.4, 0.5) is 4.39 Å². The number of fused-ring (bicyclic) bond motifs is 1. The van der Waals surface area contributed by atoms with Gasteiger partial charge in [-0.2, -0.15) is 0 Å². The molecule has 0 saturated carbocycles. The van der Waals surface area contributed by atoms with Crippen LogP contribution in [0.15, 0.2) is 35.9 Å². The smallest absolute Gasteiger partial charge is 0.335 e. The number of hydrogen-bond acceptors (Lipinski definition) is 2. The van der Waals surface area contributed by atoms with Gasteiger partial charge in [-0.25, -0.2) is 9.18 Å². The average molecular weight is 319 g/mol. The SMILES string of the molecule is Cc1ccc(-c2cc(Cl)cc3c2OCC(C(=O)O)=C3)cc1F. The minimum Gasteiger partial charge on any atom is -0.487 e. The lowest BCUT2D eigenvalue weighted by atomic mass is 9.97. The lowest BCUT2D eigenvalue weighted by Gasteiger charge is -2.20. The number of ether oxygens (including phenoxy) is 1. The molecule has 0 saturated heterocycles. The summed E-state index contributed by atoms with van der Waals surface area (Å²) < 4.78 is 19.4. The third-order valence-corrected chi connectivity index (χ3v) is 3.76. The van der Waals surface area contributed by atoms with E-state index in [1.54, 1.807) is 31.2 Å². The molecule has 22 heavy (non-hydrogen) atoms. The van der Waals surface area contributed by atoms with Crippen LogP contribution in [0.3, 0.4) is 0 Å². The third-order valence-electron chi connectivity index (χ3n) is 3.54. The van der Waals surface area contributed by atoms with Gasteiger partial charge in [0, 0.05) is 16.1 Å². The lowest BCUT2D eigenvalue weighted by molar-refractivity contribution is -0.132. The predicted molar refractivity (Wildman–Crippen MR) is 82.7 cm³/mol. The minimum absolute atomic E-state index is 0.0364. The normalized spacial score (nSPS) is 13.1. The number of aryl methyl sites for hydroxylation is 1.